The van der Waals surface area contributed by atoms with Crippen molar-refractivity contribution >= 4 is 11.9 Å². The van der Waals surface area contributed by atoms with Crippen LogP contribution in [0.25, 0.3) is 0 Å². The SMILES string of the molecule is COC(=O)c1[nH]c(=O)cc(O)c1C(=O)OC. The number of hydrogen-bond donors (Lipinski definition) is 2. The van der Waals surface area contributed by atoms with E-state index in [1.807, 2.05) is 0 Å². The van der Waals surface area contributed by atoms with Gasteiger partial charge >= 0.3 is 11.9 Å². The molecule has 0 amide bonds. The summed E-state index contributed by atoms with van der Waals surface area (Å²) in [5, 5.41) is 9.39. The second kappa shape index (κ2) is 4.47. The molecule has 1 heterocycles. The quantitative estimate of drug-likeness (QED) is 0.669. The largest absolute Gasteiger partial charge is 0.507 e. The van der Waals surface area contributed by atoms with E-state index in [9.17, 15) is 19.5 Å². The van der Waals surface area contributed by atoms with E-state index in [1.54, 1.807) is 0 Å². The summed E-state index contributed by atoms with van der Waals surface area (Å²) in [5.74, 6) is -2.54. The molecule has 0 saturated heterocycles. The van der Waals surface area contributed by atoms with Gasteiger partial charge in [0.15, 0.2) is 0 Å². The number of aromatic nitrogens is 1. The molecule has 2 N–H and O–H groups in total. The average molecular weight is 227 g/mol. The van der Waals surface area contributed by atoms with Crippen LogP contribution in [0, 0.1) is 0 Å². The number of esters is 2. The molecule has 0 fully saturated rings. The van der Waals surface area contributed by atoms with Crippen molar-refractivity contribution in [2.45, 2.75) is 0 Å². The molecule has 1 rings (SSSR count). The third-order valence-electron chi connectivity index (χ3n) is 1.80. The summed E-state index contributed by atoms with van der Waals surface area (Å²) < 4.78 is 8.72. The zero-order valence-corrected chi connectivity index (χ0v) is 8.57. The number of aromatic hydroxyl groups is 1. The van der Waals surface area contributed by atoms with Crippen LogP contribution in [-0.4, -0.2) is 36.2 Å². The van der Waals surface area contributed by atoms with Crippen LogP contribution in [0.5, 0.6) is 5.75 Å². The Morgan fingerprint density at radius 2 is 1.81 bits per heavy atom. The van der Waals surface area contributed by atoms with Gasteiger partial charge < -0.3 is 19.6 Å². The Morgan fingerprint density at radius 3 is 2.31 bits per heavy atom. The summed E-state index contributed by atoms with van der Waals surface area (Å²) in [6.07, 6.45) is 0. The van der Waals surface area contributed by atoms with Crippen LogP contribution in [0.4, 0.5) is 0 Å². The predicted molar refractivity (Wildman–Crippen MR) is 51.4 cm³/mol. The molecule has 16 heavy (non-hydrogen) atoms. The van der Waals surface area contributed by atoms with Crippen molar-refractivity contribution in [2.75, 3.05) is 14.2 Å². The second-order valence-electron chi connectivity index (χ2n) is 2.75. The first-order valence-electron chi connectivity index (χ1n) is 4.14. The average Bonchev–Trinajstić information content (AvgIpc) is 2.26. The zero-order valence-electron chi connectivity index (χ0n) is 8.57. The number of carbonyl (C=O) groups excluding carboxylic acids is 2. The standard InChI is InChI=1S/C9H9NO6/c1-15-8(13)6-4(11)3-5(12)10-7(6)9(14)16-2/h3H,1-2H3,(H2,10,11,12). The van der Waals surface area contributed by atoms with Crippen LogP contribution in [0.2, 0.25) is 0 Å². The lowest BCUT2D eigenvalue weighted by Crippen LogP contribution is -2.19. The van der Waals surface area contributed by atoms with Crippen molar-refractivity contribution in [3.8, 4) is 5.75 Å². The smallest absolute Gasteiger partial charge is 0.355 e. The Labute approximate surface area is 89.6 Å². The van der Waals surface area contributed by atoms with E-state index in [4.69, 9.17) is 0 Å². The highest BCUT2D eigenvalue weighted by molar-refractivity contribution is 6.03. The van der Waals surface area contributed by atoms with E-state index in [0.29, 0.717) is 0 Å². The fourth-order valence-corrected chi connectivity index (χ4v) is 1.11. The Kier molecular flexibility index (Phi) is 3.29. The molecule has 0 aliphatic carbocycles. The second-order valence-corrected chi connectivity index (χ2v) is 2.75. The van der Waals surface area contributed by atoms with E-state index < -0.39 is 34.5 Å². The molecule has 0 spiro atoms. The lowest BCUT2D eigenvalue weighted by Gasteiger charge is -2.06. The van der Waals surface area contributed by atoms with Crippen LogP contribution >= 0.6 is 0 Å². The maximum Gasteiger partial charge on any atom is 0.355 e. The zero-order chi connectivity index (χ0) is 12.3. The lowest BCUT2D eigenvalue weighted by atomic mass is 10.1. The van der Waals surface area contributed by atoms with Gasteiger partial charge in [-0.15, -0.1) is 0 Å². The third kappa shape index (κ3) is 2.02. The van der Waals surface area contributed by atoms with E-state index in [2.05, 4.69) is 14.5 Å². The van der Waals surface area contributed by atoms with Crippen LogP contribution in [0.1, 0.15) is 20.8 Å². The van der Waals surface area contributed by atoms with Crippen molar-refractivity contribution in [1.82, 2.24) is 4.98 Å². The van der Waals surface area contributed by atoms with Crippen LogP contribution in [0.15, 0.2) is 10.9 Å². The highest BCUT2D eigenvalue weighted by Crippen LogP contribution is 2.18. The van der Waals surface area contributed by atoms with Crippen molar-refractivity contribution in [2.24, 2.45) is 0 Å². The molecule has 0 aliphatic heterocycles. The van der Waals surface area contributed by atoms with Gasteiger partial charge in [0, 0.05) is 6.07 Å². The fourth-order valence-electron chi connectivity index (χ4n) is 1.11. The molecular formula is C9H9NO6. The number of ether oxygens (including phenoxy) is 2. The minimum Gasteiger partial charge on any atom is -0.507 e. The summed E-state index contributed by atoms with van der Waals surface area (Å²) in [6, 6.07) is 0.763. The number of rotatable bonds is 2. The van der Waals surface area contributed by atoms with Gasteiger partial charge in [0.25, 0.3) is 5.56 Å². The van der Waals surface area contributed by atoms with Gasteiger partial charge in [-0.1, -0.05) is 0 Å². The molecule has 0 aromatic carbocycles. The number of methoxy groups -OCH3 is 2. The molecule has 7 nitrogen and oxygen atoms in total. The van der Waals surface area contributed by atoms with Gasteiger partial charge in [0.1, 0.15) is 17.0 Å². The van der Waals surface area contributed by atoms with Gasteiger partial charge in [-0.3, -0.25) is 4.79 Å². The molecule has 7 heteroatoms. The molecule has 1 aromatic rings. The number of nitrogens with one attached hydrogen (secondary N) is 1. The molecular weight excluding hydrogens is 218 g/mol. The maximum atomic E-state index is 11.3. The number of pyridine rings is 1. The number of carbonyl (C=O) groups is 2. The van der Waals surface area contributed by atoms with Crippen LogP contribution < -0.4 is 5.56 Å². The number of hydrogen-bond acceptors (Lipinski definition) is 6. The Hall–Kier alpha value is -2.31. The van der Waals surface area contributed by atoms with Crippen LogP contribution in [0.3, 0.4) is 0 Å². The molecule has 0 saturated carbocycles. The van der Waals surface area contributed by atoms with Crippen LogP contribution in [-0.2, 0) is 9.47 Å². The highest BCUT2D eigenvalue weighted by Gasteiger charge is 2.23. The predicted octanol–water partition coefficient (Wildman–Crippen LogP) is -0.346. The van der Waals surface area contributed by atoms with Crippen molar-refractivity contribution < 1.29 is 24.2 Å². The monoisotopic (exact) mass is 227 g/mol. The molecule has 0 unspecified atom stereocenters. The van der Waals surface area contributed by atoms with Gasteiger partial charge in [0.2, 0.25) is 0 Å². The Balaban J connectivity index is 3.50. The van der Waals surface area contributed by atoms with E-state index in [1.165, 1.54) is 0 Å². The van der Waals surface area contributed by atoms with Gasteiger partial charge in [-0.2, -0.15) is 0 Å². The van der Waals surface area contributed by atoms with E-state index in [-0.39, 0.29) is 0 Å². The first-order valence-corrected chi connectivity index (χ1v) is 4.14. The normalized spacial score (nSPS) is 9.62. The fraction of sp³-hybridized carbons (Fsp3) is 0.222. The van der Waals surface area contributed by atoms with E-state index in [0.717, 1.165) is 20.3 Å². The molecule has 0 bridgehead atoms. The first kappa shape index (κ1) is 11.8. The minimum absolute atomic E-state index is 0.436. The van der Waals surface area contributed by atoms with Crippen molar-refractivity contribution in [3.05, 3.63) is 27.7 Å². The summed E-state index contributed by atoms with van der Waals surface area (Å²) in [6.45, 7) is 0. The number of H-pyrrole nitrogens is 1. The maximum absolute atomic E-state index is 11.3. The molecule has 0 radical (unpaired) electrons. The molecule has 0 atom stereocenters. The van der Waals surface area contributed by atoms with E-state index >= 15 is 0 Å². The van der Waals surface area contributed by atoms with Gasteiger partial charge in [-0.05, 0) is 0 Å². The summed E-state index contributed by atoms with van der Waals surface area (Å²) >= 11 is 0. The Morgan fingerprint density at radius 1 is 1.25 bits per heavy atom. The third-order valence-corrected chi connectivity index (χ3v) is 1.80. The van der Waals surface area contributed by atoms with Crippen molar-refractivity contribution in [3.63, 3.8) is 0 Å². The topological polar surface area (TPSA) is 106 Å². The molecule has 0 aliphatic rings. The molecule has 1 aromatic heterocycles. The van der Waals surface area contributed by atoms with Gasteiger partial charge in [-0.25, -0.2) is 9.59 Å². The minimum atomic E-state index is -0.951. The van der Waals surface area contributed by atoms with Crippen molar-refractivity contribution in [1.29, 1.82) is 0 Å². The summed E-state index contributed by atoms with van der Waals surface area (Å²) in [4.78, 5) is 35.6. The lowest BCUT2D eigenvalue weighted by molar-refractivity contribution is 0.0546. The van der Waals surface area contributed by atoms with Gasteiger partial charge in [0.05, 0.1) is 14.2 Å². The highest BCUT2D eigenvalue weighted by atomic mass is 16.5. The first-order chi connectivity index (χ1) is 7.51. The number of aromatic amines is 1. The summed E-state index contributed by atoms with van der Waals surface area (Å²) in [7, 11) is 2.15. The summed E-state index contributed by atoms with van der Waals surface area (Å²) in [5.41, 5.74) is -1.61. The molecule has 86 valence electrons. The Bertz CT molecular complexity index is 489.